The van der Waals surface area contributed by atoms with Crippen LogP contribution in [0.15, 0.2) is 18.5 Å². The summed E-state index contributed by atoms with van der Waals surface area (Å²) in [7, 11) is 0. The molecule has 2 heterocycles. The van der Waals surface area contributed by atoms with Gasteiger partial charge in [-0.3, -0.25) is 4.98 Å². The summed E-state index contributed by atoms with van der Waals surface area (Å²) in [6.07, 6.45) is 8.91. The van der Waals surface area contributed by atoms with E-state index in [1.165, 1.54) is 47.8 Å². The Kier molecular flexibility index (Phi) is 1.42. The minimum absolute atomic E-state index is 1.20. The Balaban J connectivity index is 2.34. The summed E-state index contributed by atoms with van der Waals surface area (Å²) < 4.78 is 0. The highest BCUT2D eigenvalue weighted by molar-refractivity contribution is 5.83. The molecule has 1 aliphatic carbocycles. The van der Waals surface area contributed by atoms with E-state index in [4.69, 9.17) is 0 Å². The molecule has 13 heavy (non-hydrogen) atoms. The highest BCUT2D eigenvalue weighted by atomic mass is 14.8. The van der Waals surface area contributed by atoms with Crippen LogP contribution in [-0.2, 0) is 12.8 Å². The van der Waals surface area contributed by atoms with Gasteiger partial charge in [-0.1, -0.05) is 0 Å². The van der Waals surface area contributed by atoms with Crippen LogP contribution in [-0.4, -0.2) is 9.97 Å². The summed E-state index contributed by atoms with van der Waals surface area (Å²) in [5.41, 5.74) is 4.17. The maximum Gasteiger partial charge on any atom is 0.0645 e. The van der Waals surface area contributed by atoms with Crippen LogP contribution in [0, 0.1) is 0 Å². The van der Waals surface area contributed by atoms with Crippen molar-refractivity contribution >= 4 is 10.9 Å². The van der Waals surface area contributed by atoms with Gasteiger partial charge in [0.1, 0.15) is 0 Å². The van der Waals surface area contributed by atoms with Gasteiger partial charge in [0.15, 0.2) is 0 Å². The third-order valence-electron chi connectivity index (χ3n) is 2.90. The van der Waals surface area contributed by atoms with Crippen LogP contribution in [0.1, 0.15) is 24.1 Å². The number of rotatable bonds is 0. The SMILES string of the molecule is c1cc2c3c([nH]c2cn1)CCCC3. The van der Waals surface area contributed by atoms with Crippen molar-refractivity contribution < 1.29 is 0 Å². The highest BCUT2D eigenvalue weighted by Crippen LogP contribution is 2.27. The first-order valence-corrected chi connectivity index (χ1v) is 4.88. The number of aromatic nitrogens is 2. The van der Waals surface area contributed by atoms with E-state index in [2.05, 4.69) is 16.0 Å². The minimum Gasteiger partial charge on any atom is -0.357 e. The molecular formula is C11H12N2. The van der Waals surface area contributed by atoms with E-state index in [0.29, 0.717) is 0 Å². The molecule has 0 unspecified atom stereocenters. The molecule has 2 aromatic heterocycles. The smallest absolute Gasteiger partial charge is 0.0645 e. The summed E-state index contributed by atoms with van der Waals surface area (Å²) in [4.78, 5) is 7.58. The number of hydrogen-bond donors (Lipinski definition) is 1. The fourth-order valence-electron chi connectivity index (χ4n) is 2.26. The van der Waals surface area contributed by atoms with E-state index < -0.39 is 0 Å². The van der Waals surface area contributed by atoms with Crippen LogP contribution >= 0.6 is 0 Å². The Bertz CT molecular complexity index is 442. The second-order valence-corrected chi connectivity index (χ2v) is 3.71. The van der Waals surface area contributed by atoms with Gasteiger partial charge in [0.05, 0.1) is 11.7 Å². The van der Waals surface area contributed by atoms with Gasteiger partial charge in [0.2, 0.25) is 0 Å². The molecule has 2 heteroatoms. The molecule has 0 aliphatic heterocycles. The van der Waals surface area contributed by atoms with E-state index in [9.17, 15) is 0 Å². The van der Waals surface area contributed by atoms with Gasteiger partial charge in [0.25, 0.3) is 0 Å². The van der Waals surface area contributed by atoms with Crippen LogP contribution < -0.4 is 0 Å². The van der Waals surface area contributed by atoms with Crippen molar-refractivity contribution in [1.82, 2.24) is 9.97 Å². The molecule has 1 N–H and O–H groups in total. The molecule has 66 valence electrons. The molecule has 0 radical (unpaired) electrons. The number of fused-ring (bicyclic) bond motifs is 3. The second kappa shape index (κ2) is 2.59. The average Bonchev–Trinajstić information content (AvgIpc) is 2.56. The second-order valence-electron chi connectivity index (χ2n) is 3.71. The summed E-state index contributed by atoms with van der Waals surface area (Å²) in [6, 6.07) is 2.12. The number of nitrogens with zero attached hydrogens (tertiary/aromatic N) is 1. The molecular weight excluding hydrogens is 160 g/mol. The molecule has 0 atom stereocenters. The first-order chi connectivity index (χ1) is 6.45. The molecule has 2 aromatic rings. The monoisotopic (exact) mass is 172 g/mol. The van der Waals surface area contributed by atoms with Crippen molar-refractivity contribution in [2.45, 2.75) is 25.7 Å². The van der Waals surface area contributed by atoms with E-state index in [0.717, 1.165) is 0 Å². The van der Waals surface area contributed by atoms with Gasteiger partial charge < -0.3 is 4.98 Å². The Morgan fingerprint density at radius 3 is 3.15 bits per heavy atom. The zero-order valence-electron chi connectivity index (χ0n) is 7.51. The zero-order valence-corrected chi connectivity index (χ0v) is 7.51. The predicted octanol–water partition coefficient (Wildman–Crippen LogP) is 2.44. The standard InChI is InChI=1S/C11H12N2/c1-2-4-10-8(3-1)9-5-6-12-7-11(9)13-10/h5-7,13H,1-4H2. The topological polar surface area (TPSA) is 28.7 Å². The van der Waals surface area contributed by atoms with E-state index in [1.807, 2.05) is 12.4 Å². The maximum atomic E-state index is 4.13. The quantitative estimate of drug-likeness (QED) is 0.649. The number of H-pyrrole nitrogens is 1. The average molecular weight is 172 g/mol. The van der Waals surface area contributed by atoms with Gasteiger partial charge in [-0.25, -0.2) is 0 Å². The first-order valence-electron chi connectivity index (χ1n) is 4.88. The van der Waals surface area contributed by atoms with Gasteiger partial charge in [-0.05, 0) is 37.3 Å². The Hall–Kier alpha value is -1.31. The van der Waals surface area contributed by atoms with Gasteiger partial charge in [-0.15, -0.1) is 0 Å². The summed E-state index contributed by atoms with van der Waals surface area (Å²) >= 11 is 0. The van der Waals surface area contributed by atoms with Gasteiger partial charge >= 0.3 is 0 Å². The van der Waals surface area contributed by atoms with E-state index in [-0.39, 0.29) is 0 Å². The van der Waals surface area contributed by atoms with Crippen molar-refractivity contribution in [3.8, 4) is 0 Å². The summed E-state index contributed by atoms with van der Waals surface area (Å²) in [6.45, 7) is 0. The predicted molar refractivity (Wildman–Crippen MR) is 52.7 cm³/mol. The lowest BCUT2D eigenvalue weighted by Gasteiger charge is -2.09. The Morgan fingerprint density at radius 1 is 1.23 bits per heavy atom. The molecule has 1 aliphatic rings. The van der Waals surface area contributed by atoms with Crippen molar-refractivity contribution in [2.75, 3.05) is 0 Å². The van der Waals surface area contributed by atoms with E-state index >= 15 is 0 Å². The van der Waals surface area contributed by atoms with Gasteiger partial charge in [0, 0.05) is 17.3 Å². The van der Waals surface area contributed by atoms with Gasteiger partial charge in [-0.2, -0.15) is 0 Å². The first kappa shape index (κ1) is 7.13. The normalized spacial score (nSPS) is 16.0. The molecule has 0 amide bonds. The third-order valence-corrected chi connectivity index (χ3v) is 2.90. The lowest BCUT2D eigenvalue weighted by atomic mass is 9.96. The summed E-state index contributed by atoms with van der Waals surface area (Å²) in [5.74, 6) is 0. The molecule has 2 nitrogen and oxygen atoms in total. The lowest BCUT2D eigenvalue weighted by molar-refractivity contribution is 0.680. The maximum absolute atomic E-state index is 4.13. The van der Waals surface area contributed by atoms with Crippen molar-refractivity contribution in [1.29, 1.82) is 0 Å². The molecule has 0 saturated heterocycles. The fourth-order valence-corrected chi connectivity index (χ4v) is 2.26. The molecule has 0 aromatic carbocycles. The lowest BCUT2D eigenvalue weighted by Crippen LogP contribution is -1.99. The fraction of sp³-hybridized carbons (Fsp3) is 0.364. The van der Waals surface area contributed by atoms with Crippen LogP contribution in [0.4, 0.5) is 0 Å². The minimum atomic E-state index is 1.20. The van der Waals surface area contributed by atoms with Crippen molar-refractivity contribution in [2.24, 2.45) is 0 Å². The number of aromatic amines is 1. The Labute approximate surface area is 77.0 Å². The molecule has 0 saturated carbocycles. The highest BCUT2D eigenvalue weighted by Gasteiger charge is 2.14. The Morgan fingerprint density at radius 2 is 2.15 bits per heavy atom. The van der Waals surface area contributed by atoms with Crippen molar-refractivity contribution in [3.63, 3.8) is 0 Å². The third kappa shape index (κ3) is 0.981. The number of hydrogen-bond acceptors (Lipinski definition) is 1. The van der Waals surface area contributed by atoms with Crippen LogP contribution in [0.3, 0.4) is 0 Å². The number of aryl methyl sites for hydroxylation is 2. The van der Waals surface area contributed by atoms with Crippen LogP contribution in [0.5, 0.6) is 0 Å². The molecule has 0 bridgehead atoms. The molecule has 0 spiro atoms. The number of nitrogens with one attached hydrogen (secondary N) is 1. The van der Waals surface area contributed by atoms with Crippen LogP contribution in [0.2, 0.25) is 0 Å². The van der Waals surface area contributed by atoms with Crippen LogP contribution in [0.25, 0.3) is 10.9 Å². The van der Waals surface area contributed by atoms with Crippen molar-refractivity contribution in [3.05, 3.63) is 29.7 Å². The number of pyridine rings is 1. The summed E-state index contributed by atoms with van der Waals surface area (Å²) in [5, 5.41) is 1.38. The molecule has 0 fully saturated rings. The molecule has 3 rings (SSSR count). The largest absolute Gasteiger partial charge is 0.357 e. The zero-order chi connectivity index (χ0) is 8.67. The van der Waals surface area contributed by atoms with E-state index in [1.54, 1.807) is 0 Å².